The van der Waals surface area contributed by atoms with Gasteiger partial charge in [0.2, 0.25) is 0 Å². The molecule has 96 valence electrons. The van der Waals surface area contributed by atoms with Gasteiger partial charge in [-0.05, 0) is 44.8 Å². The van der Waals surface area contributed by atoms with E-state index >= 15 is 0 Å². The molecule has 0 aromatic heterocycles. The van der Waals surface area contributed by atoms with Crippen molar-refractivity contribution in [3.63, 3.8) is 0 Å². The van der Waals surface area contributed by atoms with Crippen LogP contribution in [-0.4, -0.2) is 43.0 Å². The highest BCUT2D eigenvalue weighted by Gasteiger charge is 2.36. The minimum absolute atomic E-state index is 0.820. The molecule has 2 heteroatoms. The van der Waals surface area contributed by atoms with Crippen LogP contribution < -0.4 is 0 Å². The zero-order chi connectivity index (χ0) is 12.3. The molecule has 0 N–H and O–H groups in total. The molecule has 2 fully saturated rings. The van der Waals surface area contributed by atoms with Crippen molar-refractivity contribution in [2.75, 3.05) is 33.2 Å². The highest BCUT2D eigenvalue weighted by molar-refractivity contribution is 5.19. The molecule has 1 saturated heterocycles. The summed E-state index contributed by atoms with van der Waals surface area (Å²) in [7, 11) is 2.21. The maximum absolute atomic E-state index is 2.47. The molecule has 1 heterocycles. The van der Waals surface area contributed by atoms with Crippen LogP contribution in [0.25, 0.3) is 0 Å². The van der Waals surface area contributed by atoms with E-state index < -0.39 is 0 Å². The lowest BCUT2D eigenvalue weighted by molar-refractivity contribution is 0.198. The fourth-order valence-electron chi connectivity index (χ4n) is 2.74. The number of hydrogen-bond acceptors (Lipinski definition) is 2. The lowest BCUT2D eigenvalue weighted by atomic mass is 10.1. The van der Waals surface area contributed by atoms with E-state index in [9.17, 15) is 0 Å². The Morgan fingerprint density at radius 3 is 2.53 bits per heavy atom. The molecule has 2 atom stereocenters. The van der Waals surface area contributed by atoms with E-state index in [0.717, 1.165) is 11.8 Å². The third-order valence-electron chi connectivity index (χ3n) is 4.18. The van der Waals surface area contributed by atoms with Gasteiger partial charge in [-0.1, -0.05) is 24.6 Å². The molecular weight excluding hydrogens is 208 g/mol. The van der Waals surface area contributed by atoms with Gasteiger partial charge < -0.3 is 9.80 Å². The van der Waals surface area contributed by atoms with Crippen molar-refractivity contribution in [3.05, 3.63) is 23.9 Å². The van der Waals surface area contributed by atoms with Crippen LogP contribution in [-0.2, 0) is 0 Å². The summed E-state index contributed by atoms with van der Waals surface area (Å²) in [5.41, 5.74) is 1.65. The van der Waals surface area contributed by atoms with Crippen molar-refractivity contribution >= 4 is 0 Å². The number of likely N-dealkylation sites (N-methyl/N-ethyl adjacent to an activating group) is 1. The molecule has 17 heavy (non-hydrogen) atoms. The Hall–Kier alpha value is -0.760. The molecule has 0 aromatic rings. The number of piperazine rings is 1. The van der Waals surface area contributed by atoms with E-state index in [1.807, 2.05) is 0 Å². The smallest absolute Gasteiger partial charge is 0.0300 e. The molecule has 1 saturated carbocycles. The Bertz CT molecular complexity index is 298. The fourth-order valence-corrected chi connectivity index (χ4v) is 2.74. The summed E-state index contributed by atoms with van der Waals surface area (Å²) >= 11 is 0. The molecule has 0 radical (unpaired) electrons. The summed E-state index contributed by atoms with van der Waals surface area (Å²) in [5, 5.41) is 0. The lowest BCUT2D eigenvalue weighted by Gasteiger charge is -2.31. The van der Waals surface area contributed by atoms with Crippen LogP contribution in [0.4, 0.5) is 0 Å². The van der Waals surface area contributed by atoms with Gasteiger partial charge in [-0.25, -0.2) is 0 Å². The second-order valence-electron chi connectivity index (χ2n) is 5.40. The Morgan fingerprint density at radius 2 is 1.94 bits per heavy atom. The second-order valence-corrected chi connectivity index (χ2v) is 5.40. The minimum Gasteiger partial charge on any atom is -0.375 e. The standard InChI is InChI=1S/C15H26N2/c1-4-13(5-2)15-12-14(15)6-7-17-10-8-16(3)9-11-17/h4,6-7,14-15H,5,8-12H2,1-3H3/b7-6+,13-4-. The van der Waals surface area contributed by atoms with E-state index in [0.29, 0.717) is 0 Å². The van der Waals surface area contributed by atoms with Crippen molar-refractivity contribution in [3.8, 4) is 0 Å². The van der Waals surface area contributed by atoms with Gasteiger partial charge in [-0.2, -0.15) is 0 Å². The van der Waals surface area contributed by atoms with Crippen molar-refractivity contribution in [1.82, 2.24) is 9.80 Å². The van der Waals surface area contributed by atoms with Crippen LogP contribution >= 0.6 is 0 Å². The minimum atomic E-state index is 0.820. The number of rotatable bonds is 4. The molecule has 1 aliphatic heterocycles. The van der Waals surface area contributed by atoms with Gasteiger partial charge in [0.25, 0.3) is 0 Å². The van der Waals surface area contributed by atoms with Gasteiger partial charge in [-0.3, -0.25) is 0 Å². The molecular formula is C15H26N2. The van der Waals surface area contributed by atoms with Crippen molar-refractivity contribution in [2.45, 2.75) is 26.7 Å². The number of hydrogen-bond donors (Lipinski definition) is 0. The largest absolute Gasteiger partial charge is 0.375 e. The Labute approximate surface area is 106 Å². The normalized spacial score (nSPS) is 31.2. The van der Waals surface area contributed by atoms with Crippen LogP contribution in [0.2, 0.25) is 0 Å². The van der Waals surface area contributed by atoms with Crippen molar-refractivity contribution in [2.24, 2.45) is 11.8 Å². The van der Waals surface area contributed by atoms with E-state index in [1.54, 1.807) is 5.57 Å². The van der Waals surface area contributed by atoms with Crippen LogP contribution in [0.5, 0.6) is 0 Å². The van der Waals surface area contributed by atoms with E-state index in [2.05, 4.69) is 49.0 Å². The Morgan fingerprint density at radius 1 is 1.24 bits per heavy atom. The molecule has 0 spiro atoms. The quantitative estimate of drug-likeness (QED) is 0.690. The topological polar surface area (TPSA) is 6.48 Å². The molecule has 1 aliphatic carbocycles. The van der Waals surface area contributed by atoms with Gasteiger partial charge in [0.05, 0.1) is 0 Å². The van der Waals surface area contributed by atoms with Crippen LogP contribution in [0, 0.1) is 11.8 Å². The molecule has 0 bridgehead atoms. The maximum atomic E-state index is 2.47. The summed E-state index contributed by atoms with van der Waals surface area (Å²) in [4.78, 5) is 4.87. The molecule has 2 rings (SSSR count). The third kappa shape index (κ3) is 3.35. The summed E-state index contributed by atoms with van der Waals surface area (Å²) in [5.74, 6) is 1.68. The first-order valence-electron chi connectivity index (χ1n) is 7.00. The van der Waals surface area contributed by atoms with E-state index in [-0.39, 0.29) is 0 Å². The third-order valence-corrected chi connectivity index (χ3v) is 4.18. The highest BCUT2D eigenvalue weighted by Crippen LogP contribution is 2.46. The first-order chi connectivity index (χ1) is 8.24. The summed E-state index contributed by atoms with van der Waals surface area (Å²) in [6.45, 7) is 9.23. The second kappa shape index (κ2) is 5.72. The molecule has 0 aromatic carbocycles. The molecule has 0 amide bonds. The fraction of sp³-hybridized carbons (Fsp3) is 0.733. The van der Waals surface area contributed by atoms with Crippen LogP contribution in [0.15, 0.2) is 23.9 Å². The monoisotopic (exact) mass is 234 g/mol. The van der Waals surface area contributed by atoms with Gasteiger partial charge in [-0.15, -0.1) is 0 Å². The first kappa shape index (κ1) is 12.7. The number of allylic oxidation sites excluding steroid dienone is 3. The Kier molecular flexibility index (Phi) is 4.27. The first-order valence-corrected chi connectivity index (χ1v) is 7.00. The summed E-state index contributed by atoms with van der Waals surface area (Å²) in [6, 6.07) is 0. The SMILES string of the molecule is C/C=C(/CC)C1CC1/C=C/N1CCN(C)CC1. The molecule has 2 aliphatic rings. The van der Waals surface area contributed by atoms with Gasteiger partial charge >= 0.3 is 0 Å². The van der Waals surface area contributed by atoms with E-state index in [1.165, 1.54) is 39.0 Å². The van der Waals surface area contributed by atoms with E-state index in [4.69, 9.17) is 0 Å². The zero-order valence-electron chi connectivity index (χ0n) is 11.5. The van der Waals surface area contributed by atoms with Crippen LogP contribution in [0.3, 0.4) is 0 Å². The van der Waals surface area contributed by atoms with Gasteiger partial charge in [0.15, 0.2) is 0 Å². The predicted octanol–water partition coefficient (Wildman–Crippen LogP) is 2.74. The van der Waals surface area contributed by atoms with Gasteiger partial charge in [0, 0.05) is 26.2 Å². The predicted molar refractivity (Wildman–Crippen MR) is 73.9 cm³/mol. The maximum Gasteiger partial charge on any atom is 0.0300 e. The van der Waals surface area contributed by atoms with Crippen molar-refractivity contribution in [1.29, 1.82) is 0 Å². The Balaban J connectivity index is 1.76. The average molecular weight is 234 g/mol. The zero-order valence-corrected chi connectivity index (χ0v) is 11.5. The summed E-state index contributed by atoms with van der Waals surface area (Å²) in [6.07, 6.45) is 9.70. The van der Waals surface area contributed by atoms with Crippen molar-refractivity contribution < 1.29 is 0 Å². The average Bonchev–Trinajstić information content (AvgIpc) is 3.10. The summed E-state index contributed by atoms with van der Waals surface area (Å²) < 4.78 is 0. The lowest BCUT2D eigenvalue weighted by Crippen LogP contribution is -2.41. The number of nitrogens with zero attached hydrogens (tertiary/aromatic N) is 2. The highest BCUT2D eigenvalue weighted by atomic mass is 15.2. The van der Waals surface area contributed by atoms with Crippen LogP contribution in [0.1, 0.15) is 26.7 Å². The molecule has 2 unspecified atom stereocenters. The van der Waals surface area contributed by atoms with Gasteiger partial charge in [0.1, 0.15) is 0 Å². The molecule has 2 nitrogen and oxygen atoms in total.